The molecule has 5 heteroatoms. The molecule has 1 amide bonds. The number of aryl methyl sites for hydroxylation is 1. The molecule has 0 spiro atoms. The van der Waals surface area contributed by atoms with Crippen LogP contribution in [0.5, 0.6) is 0 Å². The van der Waals surface area contributed by atoms with Crippen molar-refractivity contribution < 1.29 is 4.79 Å². The standard InChI is InChI=1S/C15H18BrN3O/c1-10-14(16)18-13-8-7-12(9-19(10)13)17-15(20)11-5-3-2-4-6-11/h7-9,11H,2-6H2,1H3,(H,17,20). The van der Waals surface area contributed by atoms with E-state index >= 15 is 0 Å². The highest BCUT2D eigenvalue weighted by molar-refractivity contribution is 9.10. The summed E-state index contributed by atoms with van der Waals surface area (Å²) in [5.41, 5.74) is 2.75. The normalized spacial score (nSPS) is 16.5. The summed E-state index contributed by atoms with van der Waals surface area (Å²) < 4.78 is 2.83. The number of fused-ring (bicyclic) bond motifs is 1. The minimum atomic E-state index is 0.154. The summed E-state index contributed by atoms with van der Waals surface area (Å²) in [7, 11) is 0. The maximum atomic E-state index is 12.2. The maximum Gasteiger partial charge on any atom is 0.227 e. The van der Waals surface area contributed by atoms with Gasteiger partial charge in [-0.15, -0.1) is 0 Å². The van der Waals surface area contributed by atoms with E-state index < -0.39 is 0 Å². The van der Waals surface area contributed by atoms with Crippen molar-refractivity contribution in [3.05, 3.63) is 28.6 Å². The fraction of sp³-hybridized carbons (Fsp3) is 0.467. The zero-order valence-corrected chi connectivity index (χ0v) is 13.1. The number of halogens is 1. The molecule has 20 heavy (non-hydrogen) atoms. The first-order valence-corrected chi connectivity index (χ1v) is 7.89. The molecule has 1 fully saturated rings. The summed E-state index contributed by atoms with van der Waals surface area (Å²) in [6.45, 7) is 2.00. The average Bonchev–Trinajstić information content (AvgIpc) is 2.75. The van der Waals surface area contributed by atoms with Gasteiger partial charge in [0.25, 0.3) is 0 Å². The van der Waals surface area contributed by atoms with Crippen molar-refractivity contribution in [2.24, 2.45) is 5.92 Å². The van der Waals surface area contributed by atoms with Gasteiger partial charge in [-0.3, -0.25) is 4.79 Å². The summed E-state index contributed by atoms with van der Waals surface area (Å²) >= 11 is 3.43. The first kappa shape index (κ1) is 13.6. The Balaban J connectivity index is 1.80. The molecule has 1 aliphatic rings. The number of hydrogen-bond donors (Lipinski definition) is 1. The van der Waals surface area contributed by atoms with Crippen molar-refractivity contribution in [3.8, 4) is 0 Å². The lowest BCUT2D eigenvalue weighted by Gasteiger charge is -2.20. The van der Waals surface area contributed by atoms with E-state index in [1.54, 1.807) is 0 Å². The van der Waals surface area contributed by atoms with Crippen LogP contribution in [0.3, 0.4) is 0 Å². The molecule has 0 unspecified atom stereocenters. The van der Waals surface area contributed by atoms with Gasteiger partial charge in [-0.25, -0.2) is 4.98 Å². The van der Waals surface area contributed by atoms with Crippen LogP contribution in [-0.2, 0) is 4.79 Å². The summed E-state index contributed by atoms with van der Waals surface area (Å²) in [5, 5.41) is 3.04. The number of pyridine rings is 1. The van der Waals surface area contributed by atoms with E-state index in [2.05, 4.69) is 26.2 Å². The Kier molecular flexibility index (Phi) is 3.78. The van der Waals surface area contributed by atoms with Gasteiger partial charge in [-0.05, 0) is 47.8 Å². The second-order valence-corrected chi connectivity index (χ2v) is 6.21. The minimum Gasteiger partial charge on any atom is -0.325 e. The number of imidazole rings is 1. The van der Waals surface area contributed by atoms with Crippen LogP contribution in [0.25, 0.3) is 5.65 Å². The molecule has 0 radical (unpaired) electrons. The summed E-state index contributed by atoms with van der Waals surface area (Å²) in [4.78, 5) is 16.6. The van der Waals surface area contributed by atoms with Crippen LogP contribution in [0.2, 0.25) is 0 Å². The molecule has 0 saturated heterocycles. The van der Waals surface area contributed by atoms with Crippen molar-refractivity contribution in [2.45, 2.75) is 39.0 Å². The molecule has 1 aliphatic carbocycles. The topological polar surface area (TPSA) is 46.4 Å². The van der Waals surface area contributed by atoms with Gasteiger partial charge in [0.15, 0.2) is 0 Å². The van der Waals surface area contributed by atoms with Gasteiger partial charge in [0, 0.05) is 12.1 Å². The molecule has 0 atom stereocenters. The van der Waals surface area contributed by atoms with Crippen LogP contribution in [0.1, 0.15) is 37.8 Å². The van der Waals surface area contributed by atoms with Crippen LogP contribution in [0, 0.1) is 12.8 Å². The lowest BCUT2D eigenvalue weighted by Crippen LogP contribution is -2.24. The van der Waals surface area contributed by atoms with Crippen molar-refractivity contribution in [2.75, 3.05) is 5.32 Å². The number of carbonyl (C=O) groups is 1. The van der Waals surface area contributed by atoms with E-state index in [1.807, 2.05) is 29.7 Å². The molecule has 0 aromatic carbocycles. The molecule has 2 aromatic heterocycles. The third-order valence-electron chi connectivity index (χ3n) is 4.04. The summed E-state index contributed by atoms with van der Waals surface area (Å²) in [6.07, 6.45) is 7.57. The largest absolute Gasteiger partial charge is 0.325 e. The van der Waals surface area contributed by atoms with E-state index in [9.17, 15) is 4.79 Å². The molecular weight excluding hydrogens is 318 g/mol. The van der Waals surface area contributed by atoms with Crippen LogP contribution < -0.4 is 5.32 Å². The highest BCUT2D eigenvalue weighted by Gasteiger charge is 2.21. The van der Waals surface area contributed by atoms with Gasteiger partial charge in [-0.2, -0.15) is 0 Å². The van der Waals surface area contributed by atoms with Crippen molar-refractivity contribution >= 4 is 33.2 Å². The second-order valence-electron chi connectivity index (χ2n) is 5.46. The van der Waals surface area contributed by atoms with Crippen molar-refractivity contribution in [1.82, 2.24) is 9.38 Å². The molecule has 2 heterocycles. The third kappa shape index (κ3) is 2.59. The number of carbonyl (C=O) groups excluding carboxylic acids is 1. The first-order chi connectivity index (χ1) is 9.65. The van der Waals surface area contributed by atoms with Gasteiger partial charge in [0.1, 0.15) is 10.3 Å². The average molecular weight is 336 g/mol. The van der Waals surface area contributed by atoms with Gasteiger partial charge < -0.3 is 9.72 Å². The zero-order chi connectivity index (χ0) is 14.1. The fourth-order valence-corrected chi connectivity index (χ4v) is 3.19. The Morgan fingerprint density at radius 2 is 2.10 bits per heavy atom. The van der Waals surface area contributed by atoms with Crippen LogP contribution in [0.4, 0.5) is 5.69 Å². The Hall–Kier alpha value is -1.36. The summed E-state index contributed by atoms with van der Waals surface area (Å²) in [5.74, 6) is 0.330. The molecule has 1 N–H and O–H groups in total. The van der Waals surface area contributed by atoms with Gasteiger partial charge >= 0.3 is 0 Å². The molecule has 3 rings (SSSR count). The molecule has 1 saturated carbocycles. The zero-order valence-electron chi connectivity index (χ0n) is 11.5. The molecular formula is C15H18BrN3O. The third-order valence-corrected chi connectivity index (χ3v) is 4.79. The number of anilines is 1. The van der Waals surface area contributed by atoms with Crippen molar-refractivity contribution in [1.29, 1.82) is 0 Å². The smallest absolute Gasteiger partial charge is 0.227 e. The van der Waals surface area contributed by atoms with E-state index in [0.717, 1.165) is 34.5 Å². The fourth-order valence-electron chi connectivity index (χ4n) is 2.82. The van der Waals surface area contributed by atoms with E-state index in [4.69, 9.17) is 0 Å². The Morgan fingerprint density at radius 1 is 1.35 bits per heavy atom. The minimum absolute atomic E-state index is 0.154. The van der Waals surface area contributed by atoms with E-state index in [1.165, 1.54) is 19.3 Å². The van der Waals surface area contributed by atoms with Crippen LogP contribution in [0.15, 0.2) is 22.9 Å². The highest BCUT2D eigenvalue weighted by atomic mass is 79.9. The van der Waals surface area contributed by atoms with E-state index in [0.29, 0.717) is 0 Å². The highest BCUT2D eigenvalue weighted by Crippen LogP contribution is 2.25. The van der Waals surface area contributed by atoms with Crippen molar-refractivity contribution in [3.63, 3.8) is 0 Å². The lowest BCUT2D eigenvalue weighted by molar-refractivity contribution is -0.120. The van der Waals surface area contributed by atoms with Crippen LogP contribution in [-0.4, -0.2) is 15.3 Å². The van der Waals surface area contributed by atoms with Crippen LogP contribution >= 0.6 is 15.9 Å². The SMILES string of the molecule is Cc1c(Br)nc2ccc(NC(=O)C3CCCCC3)cn12. The predicted octanol–water partition coefficient (Wildman–Crippen LogP) is 3.92. The maximum absolute atomic E-state index is 12.2. The first-order valence-electron chi connectivity index (χ1n) is 7.10. The number of nitrogens with one attached hydrogen (secondary N) is 1. The molecule has 0 bridgehead atoms. The predicted molar refractivity (Wildman–Crippen MR) is 82.8 cm³/mol. The number of nitrogens with zero attached hydrogens (tertiary/aromatic N) is 2. The molecule has 106 valence electrons. The molecule has 0 aliphatic heterocycles. The summed E-state index contributed by atoms with van der Waals surface area (Å²) in [6, 6.07) is 3.84. The number of rotatable bonds is 2. The lowest BCUT2D eigenvalue weighted by atomic mass is 9.88. The number of aromatic nitrogens is 2. The molecule has 4 nitrogen and oxygen atoms in total. The van der Waals surface area contributed by atoms with Gasteiger partial charge in [0.05, 0.1) is 11.4 Å². The second kappa shape index (κ2) is 5.56. The van der Waals surface area contributed by atoms with Gasteiger partial charge in [-0.1, -0.05) is 19.3 Å². The van der Waals surface area contributed by atoms with Gasteiger partial charge in [0.2, 0.25) is 5.91 Å². The monoisotopic (exact) mass is 335 g/mol. The number of amides is 1. The number of hydrogen-bond acceptors (Lipinski definition) is 2. The quantitative estimate of drug-likeness (QED) is 0.903. The van der Waals surface area contributed by atoms with E-state index in [-0.39, 0.29) is 11.8 Å². The Labute approximate surface area is 126 Å². The Morgan fingerprint density at radius 3 is 2.85 bits per heavy atom. The Bertz CT molecular complexity index is 644. The molecule has 2 aromatic rings.